The zero-order chi connectivity index (χ0) is 31.8. The number of rotatable bonds is 12. The lowest BCUT2D eigenvalue weighted by molar-refractivity contribution is -0.140. The molecule has 0 spiro atoms. The molecule has 3 aromatic carbocycles. The van der Waals surface area contributed by atoms with Crippen molar-refractivity contribution in [2.75, 3.05) is 29.8 Å². The van der Waals surface area contributed by atoms with Crippen LogP contribution >= 0.6 is 11.6 Å². The molecule has 3 aromatic rings. The van der Waals surface area contributed by atoms with Crippen molar-refractivity contribution in [1.82, 2.24) is 10.2 Å². The van der Waals surface area contributed by atoms with E-state index in [0.29, 0.717) is 35.3 Å². The molecule has 0 unspecified atom stereocenters. The Morgan fingerprint density at radius 3 is 2.33 bits per heavy atom. The van der Waals surface area contributed by atoms with Gasteiger partial charge in [0.1, 0.15) is 25.8 Å². The minimum Gasteiger partial charge on any atom is -0.486 e. The lowest BCUT2D eigenvalue weighted by Gasteiger charge is -2.35. The Morgan fingerprint density at radius 2 is 1.62 bits per heavy atom. The summed E-state index contributed by atoms with van der Waals surface area (Å²) in [6.07, 6.45) is 5.23. The maximum absolute atomic E-state index is 14.5. The molecule has 1 N–H and O–H groups in total. The maximum Gasteiger partial charge on any atom is 0.244 e. The number of hydrogen-bond donors (Lipinski definition) is 1. The summed E-state index contributed by atoms with van der Waals surface area (Å²) < 4.78 is 39.4. The molecule has 2 amide bonds. The predicted molar refractivity (Wildman–Crippen MR) is 175 cm³/mol. The molecule has 11 heteroatoms. The van der Waals surface area contributed by atoms with Gasteiger partial charge in [-0.05, 0) is 49.1 Å². The first-order valence-corrected chi connectivity index (χ1v) is 17.5. The Labute approximate surface area is 270 Å². The summed E-state index contributed by atoms with van der Waals surface area (Å²) in [7, 11) is -3.91. The van der Waals surface area contributed by atoms with Crippen molar-refractivity contribution in [2.45, 2.75) is 64.1 Å². The number of hydrogen-bond acceptors (Lipinski definition) is 6. The molecule has 1 saturated carbocycles. The van der Waals surface area contributed by atoms with E-state index < -0.39 is 28.5 Å². The fourth-order valence-corrected chi connectivity index (χ4v) is 7.06. The van der Waals surface area contributed by atoms with Crippen LogP contribution in [-0.4, -0.2) is 62.7 Å². The van der Waals surface area contributed by atoms with Crippen LogP contribution in [0.4, 0.5) is 5.69 Å². The molecule has 0 aromatic heterocycles. The van der Waals surface area contributed by atoms with Crippen LogP contribution in [-0.2, 0) is 32.6 Å². The van der Waals surface area contributed by atoms with Gasteiger partial charge in [-0.3, -0.25) is 13.9 Å². The van der Waals surface area contributed by atoms with E-state index in [9.17, 15) is 18.0 Å². The maximum atomic E-state index is 14.5. The zero-order valence-electron chi connectivity index (χ0n) is 25.5. The van der Waals surface area contributed by atoms with Gasteiger partial charge in [0.05, 0.1) is 11.4 Å². The van der Waals surface area contributed by atoms with Gasteiger partial charge in [0.2, 0.25) is 21.8 Å². The minimum atomic E-state index is -3.91. The number of benzene rings is 3. The van der Waals surface area contributed by atoms with E-state index in [0.717, 1.165) is 42.0 Å². The summed E-state index contributed by atoms with van der Waals surface area (Å²) in [5, 5.41) is 3.66. The zero-order valence-corrected chi connectivity index (χ0v) is 27.1. The van der Waals surface area contributed by atoms with Gasteiger partial charge in [0, 0.05) is 30.1 Å². The van der Waals surface area contributed by atoms with Crippen LogP contribution in [0.25, 0.3) is 0 Å². The molecule has 1 fully saturated rings. The van der Waals surface area contributed by atoms with Gasteiger partial charge in [-0.2, -0.15) is 0 Å². The number of fused-ring (bicyclic) bond motifs is 1. The minimum absolute atomic E-state index is 0.0231. The molecule has 0 radical (unpaired) electrons. The molecule has 1 atom stereocenters. The molecular formula is C34H40ClN3O6S. The van der Waals surface area contributed by atoms with Gasteiger partial charge in [-0.1, -0.05) is 79.4 Å². The van der Waals surface area contributed by atoms with Crippen molar-refractivity contribution >= 4 is 39.1 Å². The molecule has 1 aliphatic carbocycles. The number of sulfonamides is 1. The van der Waals surface area contributed by atoms with E-state index in [1.165, 1.54) is 11.8 Å². The van der Waals surface area contributed by atoms with E-state index in [1.54, 1.807) is 30.3 Å². The van der Waals surface area contributed by atoms with Crippen LogP contribution in [0.15, 0.2) is 72.8 Å². The third kappa shape index (κ3) is 8.29. The highest BCUT2D eigenvalue weighted by Crippen LogP contribution is 2.35. The Bertz CT molecular complexity index is 1580. The smallest absolute Gasteiger partial charge is 0.244 e. The molecule has 1 heterocycles. The van der Waals surface area contributed by atoms with Gasteiger partial charge in [0.15, 0.2) is 11.5 Å². The van der Waals surface area contributed by atoms with Gasteiger partial charge in [-0.15, -0.1) is 0 Å². The number of amides is 2. The van der Waals surface area contributed by atoms with E-state index in [-0.39, 0.29) is 36.4 Å². The third-order valence-corrected chi connectivity index (χ3v) is 10.4. The number of halogens is 1. The fourth-order valence-electron chi connectivity index (χ4n) is 5.82. The Balaban J connectivity index is 1.52. The van der Waals surface area contributed by atoms with Crippen molar-refractivity contribution in [2.24, 2.45) is 0 Å². The summed E-state index contributed by atoms with van der Waals surface area (Å²) in [5.74, 6) is -0.108. The van der Waals surface area contributed by atoms with Crippen LogP contribution in [0.3, 0.4) is 0 Å². The van der Waals surface area contributed by atoms with E-state index in [4.69, 9.17) is 21.1 Å². The number of ether oxygens (including phenoxy) is 2. The molecule has 1 aliphatic heterocycles. The number of anilines is 1. The summed E-state index contributed by atoms with van der Waals surface area (Å²) in [5.41, 5.74) is 1.81. The Morgan fingerprint density at radius 1 is 0.933 bits per heavy atom. The molecule has 0 saturated heterocycles. The number of nitrogens with zero attached hydrogens (tertiary/aromatic N) is 2. The SMILES string of the molecule is CCS(=O)(=O)N(CC(=O)N(Cc1ccccc1Cl)[C@@H](Cc1ccccc1)C(=O)NC1CCCCC1)c1ccc2c(c1)OCCO2. The predicted octanol–water partition coefficient (Wildman–Crippen LogP) is 5.36. The van der Waals surface area contributed by atoms with Gasteiger partial charge in [0.25, 0.3) is 0 Å². The third-order valence-electron chi connectivity index (χ3n) is 8.31. The largest absolute Gasteiger partial charge is 0.486 e. The highest BCUT2D eigenvalue weighted by molar-refractivity contribution is 7.92. The van der Waals surface area contributed by atoms with Gasteiger partial charge < -0.3 is 19.7 Å². The average molecular weight is 654 g/mol. The summed E-state index contributed by atoms with van der Waals surface area (Å²) >= 11 is 6.57. The highest BCUT2D eigenvalue weighted by atomic mass is 35.5. The molecular weight excluding hydrogens is 614 g/mol. The number of nitrogens with one attached hydrogen (secondary N) is 1. The second-order valence-corrected chi connectivity index (χ2v) is 14.0. The quantitative estimate of drug-likeness (QED) is 0.282. The van der Waals surface area contributed by atoms with Crippen molar-refractivity contribution in [3.05, 3.63) is 88.9 Å². The van der Waals surface area contributed by atoms with Crippen LogP contribution in [0.5, 0.6) is 11.5 Å². The monoisotopic (exact) mass is 653 g/mol. The summed E-state index contributed by atoms with van der Waals surface area (Å²) in [6.45, 7) is 1.77. The van der Waals surface area contributed by atoms with Crippen molar-refractivity contribution in [1.29, 1.82) is 0 Å². The first-order chi connectivity index (χ1) is 21.7. The molecule has 45 heavy (non-hydrogen) atoms. The molecule has 2 aliphatic rings. The molecule has 0 bridgehead atoms. The first kappa shape index (κ1) is 32.6. The highest BCUT2D eigenvalue weighted by Gasteiger charge is 2.35. The van der Waals surface area contributed by atoms with E-state index >= 15 is 0 Å². The normalized spacial score (nSPS) is 15.6. The molecule has 240 valence electrons. The number of carbonyl (C=O) groups excluding carboxylic acids is 2. The lowest BCUT2D eigenvalue weighted by Crippen LogP contribution is -2.55. The van der Waals surface area contributed by atoms with Crippen molar-refractivity contribution < 1.29 is 27.5 Å². The number of carbonyl (C=O) groups is 2. The fraction of sp³-hybridized carbons (Fsp3) is 0.412. The van der Waals surface area contributed by atoms with Gasteiger partial charge in [-0.25, -0.2) is 8.42 Å². The topological polar surface area (TPSA) is 105 Å². The van der Waals surface area contributed by atoms with Crippen molar-refractivity contribution in [3.63, 3.8) is 0 Å². The standard InChI is InChI=1S/C34H40ClN3O6S/c1-2-45(41,42)38(28-17-18-31-32(22-28)44-20-19-43-31)24-33(39)37(23-26-13-9-10-16-29(26)35)30(21-25-11-5-3-6-12-25)34(40)36-27-14-7-4-8-15-27/h3,5-6,9-13,16-18,22,27,30H,2,4,7-8,14-15,19-21,23-24H2,1H3,(H,36,40)/t30-/m0/s1. The van der Waals surface area contributed by atoms with E-state index in [1.807, 2.05) is 42.5 Å². The summed E-state index contributed by atoms with van der Waals surface area (Å²) in [6, 6.07) is 20.6. The summed E-state index contributed by atoms with van der Waals surface area (Å²) in [4.78, 5) is 30.0. The van der Waals surface area contributed by atoms with Crippen LogP contribution < -0.4 is 19.1 Å². The van der Waals surface area contributed by atoms with E-state index in [2.05, 4.69) is 5.32 Å². The Kier molecular flexibility index (Phi) is 10.9. The second kappa shape index (κ2) is 15.0. The first-order valence-electron chi connectivity index (χ1n) is 15.5. The Hall–Kier alpha value is -3.76. The van der Waals surface area contributed by atoms with Crippen LogP contribution in [0, 0.1) is 0 Å². The molecule has 5 rings (SSSR count). The van der Waals surface area contributed by atoms with Gasteiger partial charge >= 0.3 is 0 Å². The second-order valence-electron chi connectivity index (χ2n) is 11.4. The average Bonchev–Trinajstić information content (AvgIpc) is 3.06. The molecule has 9 nitrogen and oxygen atoms in total. The van der Waals surface area contributed by atoms with Crippen LogP contribution in [0.1, 0.15) is 50.2 Å². The lowest BCUT2D eigenvalue weighted by atomic mass is 9.94. The van der Waals surface area contributed by atoms with Crippen LogP contribution in [0.2, 0.25) is 5.02 Å². The van der Waals surface area contributed by atoms with Crippen molar-refractivity contribution in [3.8, 4) is 11.5 Å².